The molecule has 3 aromatic rings. The van der Waals surface area contributed by atoms with E-state index < -0.39 is 0 Å². The molecule has 0 saturated heterocycles. The smallest absolute Gasteiger partial charge is 0.237 e. The van der Waals surface area contributed by atoms with Crippen molar-refractivity contribution in [2.45, 2.75) is 38.0 Å². The molecule has 0 saturated carbocycles. The summed E-state index contributed by atoms with van der Waals surface area (Å²) in [6.07, 6.45) is 0. The summed E-state index contributed by atoms with van der Waals surface area (Å²) in [4.78, 5) is 21.6. The van der Waals surface area contributed by atoms with Gasteiger partial charge in [-0.1, -0.05) is 42.1 Å². The van der Waals surface area contributed by atoms with Gasteiger partial charge in [-0.05, 0) is 51.0 Å². The molecule has 128 valence electrons. The number of fused-ring (bicyclic) bond motifs is 1. The predicted octanol–water partition coefficient (Wildman–Crippen LogP) is 4.67. The third-order valence-corrected chi connectivity index (χ3v) is 5.09. The molecule has 1 heterocycles. The lowest BCUT2D eigenvalue weighted by Crippen LogP contribution is -2.23. The van der Waals surface area contributed by atoms with Crippen molar-refractivity contribution in [2.75, 3.05) is 5.32 Å². The van der Waals surface area contributed by atoms with Crippen molar-refractivity contribution < 1.29 is 4.79 Å². The Balaban J connectivity index is 1.81. The fourth-order valence-electron chi connectivity index (χ4n) is 2.57. The number of hydrogen-bond donors (Lipinski definition) is 1. The zero-order valence-corrected chi connectivity index (χ0v) is 15.6. The van der Waals surface area contributed by atoms with Crippen molar-refractivity contribution >= 4 is 34.3 Å². The van der Waals surface area contributed by atoms with Gasteiger partial charge in [-0.25, -0.2) is 9.97 Å². The first-order chi connectivity index (χ1) is 11.9. The van der Waals surface area contributed by atoms with Crippen molar-refractivity contribution in [1.29, 1.82) is 0 Å². The highest BCUT2D eigenvalue weighted by Gasteiger charge is 2.18. The van der Waals surface area contributed by atoms with E-state index >= 15 is 0 Å². The van der Waals surface area contributed by atoms with E-state index in [-0.39, 0.29) is 11.2 Å². The van der Waals surface area contributed by atoms with E-state index in [1.165, 1.54) is 11.8 Å². The largest absolute Gasteiger partial charge is 0.325 e. The van der Waals surface area contributed by atoms with Crippen LogP contribution in [-0.4, -0.2) is 21.1 Å². The van der Waals surface area contributed by atoms with Gasteiger partial charge in [0.1, 0.15) is 10.9 Å². The zero-order valence-electron chi connectivity index (χ0n) is 14.8. The molecular formula is C20H21N3OS. The maximum Gasteiger partial charge on any atom is 0.237 e. The number of benzene rings is 2. The summed E-state index contributed by atoms with van der Waals surface area (Å²) in [6.45, 7) is 7.78. The number of para-hydroxylation sites is 1. The number of nitrogens with one attached hydrogen (secondary N) is 1. The molecule has 0 aliphatic rings. The second-order valence-electron chi connectivity index (χ2n) is 6.16. The second-order valence-corrected chi connectivity index (χ2v) is 7.49. The lowest BCUT2D eigenvalue weighted by molar-refractivity contribution is -0.115. The minimum atomic E-state index is -0.266. The van der Waals surface area contributed by atoms with Crippen LogP contribution in [0.5, 0.6) is 0 Å². The Morgan fingerprint density at radius 1 is 1.08 bits per heavy atom. The average molecular weight is 351 g/mol. The summed E-state index contributed by atoms with van der Waals surface area (Å²) in [5, 5.41) is 4.58. The molecule has 0 fully saturated rings. The molecule has 0 spiro atoms. The molecule has 1 amide bonds. The second kappa shape index (κ2) is 7.23. The fraction of sp³-hybridized carbons (Fsp3) is 0.250. The summed E-state index contributed by atoms with van der Waals surface area (Å²) >= 11 is 1.46. The topological polar surface area (TPSA) is 54.9 Å². The summed E-state index contributed by atoms with van der Waals surface area (Å²) < 4.78 is 0. The standard InChI is InChI=1S/C20H21N3OS/c1-12-9-10-13(2)18(11-12)23-19(24)14(3)25-20-16-7-5-6-8-17(16)21-15(4)22-20/h5-11,14H,1-4H3,(H,23,24)/t14-/m1/s1. The van der Waals surface area contributed by atoms with Gasteiger partial charge in [-0.15, -0.1) is 0 Å². The van der Waals surface area contributed by atoms with E-state index in [4.69, 9.17) is 0 Å². The molecule has 0 aliphatic carbocycles. The summed E-state index contributed by atoms with van der Waals surface area (Å²) in [7, 11) is 0. The Hall–Kier alpha value is -2.40. The van der Waals surface area contributed by atoms with Crippen molar-refractivity contribution in [2.24, 2.45) is 0 Å². The Labute approximate surface area is 152 Å². The molecule has 25 heavy (non-hydrogen) atoms. The molecular weight excluding hydrogens is 330 g/mol. The SMILES string of the molecule is Cc1ccc(C)c(NC(=O)[C@@H](C)Sc2nc(C)nc3ccccc23)c1. The van der Waals surface area contributed by atoms with Crippen LogP contribution in [0.15, 0.2) is 47.5 Å². The predicted molar refractivity (Wildman–Crippen MR) is 104 cm³/mol. The number of anilines is 1. The first-order valence-corrected chi connectivity index (χ1v) is 9.10. The molecule has 1 aromatic heterocycles. The molecule has 5 heteroatoms. The van der Waals surface area contributed by atoms with Crippen LogP contribution < -0.4 is 5.32 Å². The van der Waals surface area contributed by atoms with Crippen LogP contribution in [-0.2, 0) is 4.79 Å². The monoisotopic (exact) mass is 351 g/mol. The number of rotatable bonds is 4. The third kappa shape index (κ3) is 3.99. The van der Waals surface area contributed by atoms with Crippen molar-refractivity contribution in [1.82, 2.24) is 9.97 Å². The highest BCUT2D eigenvalue weighted by atomic mass is 32.2. The maximum absolute atomic E-state index is 12.6. The minimum absolute atomic E-state index is 0.0287. The van der Waals surface area contributed by atoms with Gasteiger partial charge < -0.3 is 5.32 Å². The summed E-state index contributed by atoms with van der Waals surface area (Å²) in [6, 6.07) is 13.9. The Morgan fingerprint density at radius 2 is 1.84 bits per heavy atom. The molecule has 4 nitrogen and oxygen atoms in total. The van der Waals surface area contributed by atoms with Gasteiger partial charge in [0.15, 0.2) is 0 Å². The van der Waals surface area contributed by atoms with E-state index in [1.807, 2.05) is 70.2 Å². The van der Waals surface area contributed by atoms with Crippen LogP contribution in [0.4, 0.5) is 5.69 Å². The molecule has 1 atom stereocenters. The lowest BCUT2D eigenvalue weighted by Gasteiger charge is -2.15. The number of nitrogens with zero attached hydrogens (tertiary/aromatic N) is 2. The average Bonchev–Trinajstić information content (AvgIpc) is 2.58. The Bertz CT molecular complexity index is 939. The van der Waals surface area contributed by atoms with Crippen LogP contribution >= 0.6 is 11.8 Å². The number of aromatic nitrogens is 2. The Kier molecular flexibility index (Phi) is 5.04. The number of thioether (sulfide) groups is 1. The van der Waals surface area contributed by atoms with Crippen molar-refractivity contribution in [3.63, 3.8) is 0 Å². The van der Waals surface area contributed by atoms with Gasteiger partial charge in [-0.2, -0.15) is 0 Å². The van der Waals surface area contributed by atoms with Crippen LogP contribution in [0.1, 0.15) is 23.9 Å². The van der Waals surface area contributed by atoms with E-state index in [0.717, 1.165) is 32.7 Å². The van der Waals surface area contributed by atoms with E-state index in [1.54, 1.807) is 0 Å². The molecule has 0 bridgehead atoms. The molecule has 0 radical (unpaired) electrons. The fourth-order valence-corrected chi connectivity index (χ4v) is 3.56. The van der Waals surface area contributed by atoms with Crippen LogP contribution in [0.3, 0.4) is 0 Å². The number of carbonyl (C=O) groups is 1. The first kappa shape index (κ1) is 17.4. The molecule has 1 N–H and O–H groups in total. The highest BCUT2D eigenvalue weighted by molar-refractivity contribution is 8.00. The lowest BCUT2D eigenvalue weighted by atomic mass is 10.1. The van der Waals surface area contributed by atoms with E-state index in [0.29, 0.717) is 5.82 Å². The number of hydrogen-bond acceptors (Lipinski definition) is 4. The van der Waals surface area contributed by atoms with Gasteiger partial charge in [-0.3, -0.25) is 4.79 Å². The van der Waals surface area contributed by atoms with Gasteiger partial charge >= 0.3 is 0 Å². The normalized spacial score (nSPS) is 12.2. The highest BCUT2D eigenvalue weighted by Crippen LogP contribution is 2.29. The molecule has 0 aliphatic heterocycles. The molecule has 3 rings (SSSR count). The van der Waals surface area contributed by atoms with Gasteiger partial charge in [0.05, 0.1) is 10.8 Å². The third-order valence-electron chi connectivity index (χ3n) is 3.99. The maximum atomic E-state index is 12.6. The quantitative estimate of drug-likeness (QED) is 0.548. The van der Waals surface area contributed by atoms with Crippen molar-refractivity contribution in [3.8, 4) is 0 Å². The van der Waals surface area contributed by atoms with E-state index in [9.17, 15) is 4.79 Å². The van der Waals surface area contributed by atoms with Gasteiger partial charge in [0.25, 0.3) is 0 Å². The molecule has 0 unspecified atom stereocenters. The Morgan fingerprint density at radius 3 is 2.64 bits per heavy atom. The summed E-state index contributed by atoms with van der Waals surface area (Å²) in [5.41, 5.74) is 3.94. The number of aryl methyl sites for hydroxylation is 3. The molecule has 2 aromatic carbocycles. The van der Waals surface area contributed by atoms with Crippen LogP contribution in [0.25, 0.3) is 10.9 Å². The van der Waals surface area contributed by atoms with E-state index in [2.05, 4.69) is 15.3 Å². The number of carbonyl (C=O) groups excluding carboxylic acids is 1. The van der Waals surface area contributed by atoms with Crippen molar-refractivity contribution in [3.05, 3.63) is 59.4 Å². The number of amides is 1. The zero-order chi connectivity index (χ0) is 18.0. The first-order valence-electron chi connectivity index (χ1n) is 8.22. The summed E-state index contributed by atoms with van der Waals surface area (Å²) in [5.74, 6) is 0.683. The van der Waals surface area contributed by atoms with Crippen LogP contribution in [0, 0.1) is 20.8 Å². The van der Waals surface area contributed by atoms with Gasteiger partial charge in [0, 0.05) is 11.1 Å². The van der Waals surface area contributed by atoms with Crippen LogP contribution in [0.2, 0.25) is 0 Å². The van der Waals surface area contributed by atoms with Gasteiger partial charge in [0.2, 0.25) is 5.91 Å². The minimum Gasteiger partial charge on any atom is -0.325 e.